The van der Waals surface area contributed by atoms with E-state index < -0.39 is 26.5 Å². The van der Waals surface area contributed by atoms with Crippen molar-refractivity contribution in [1.29, 1.82) is 0 Å². The average Bonchev–Trinajstić information content (AvgIpc) is 2.17. The molecule has 3 N–H and O–H groups in total. The molecule has 10 heteroatoms. The molecule has 0 amide bonds. The van der Waals surface area contributed by atoms with Crippen LogP contribution in [0.5, 0.6) is 0 Å². The van der Waals surface area contributed by atoms with Crippen LogP contribution in [-0.2, 0) is 32.7 Å². The quantitative estimate of drug-likeness (QED) is 0.0264. The Hall–Kier alpha value is -4.37. The third-order valence-corrected chi connectivity index (χ3v) is 17.9. The summed E-state index contributed by atoms with van der Waals surface area (Å²) < 4.78 is 33.3. The van der Waals surface area contributed by atoms with Crippen molar-refractivity contribution in [2.75, 3.05) is 26.4 Å². The Labute approximate surface area is 598 Å². The van der Waals surface area contributed by atoms with Gasteiger partial charge in [-0.05, 0) is 122 Å². The van der Waals surface area contributed by atoms with E-state index in [1.165, 1.54) is 193 Å². The molecule has 0 bridgehead atoms. The SMILES string of the molecule is CC/C=C\C/C=C\C/C=C\C/C=C\C/C=C\C/C=C\C/C=C\C/C=C\CCCCCCCCCCCCCCC(=O)OC(COC(=O)CCCCCCCCCCCCCCCCCCCCCCCCC/C=C\C/C=C\C/C=C\C/C=C\C/C=C\CC)COP(=O)(O)OCCN. The highest BCUT2D eigenvalue weighted by Crippen LogP contribution is 2.43. The molecule has 0 rings (SSSR count). The molecule has 0 aliphatic heterocycles. The highest BCUT2D eigenvalue weighted by Gasteiger charge is 2.26. The van der Waals surface area contributed by atoms with Gasteiger partial charge in [0, 0.05) is 19.4 Å². The number of phosphoric ester groups is 1. The summed E-state index contributed by atoms with van der Waals surface area (Å²) in [6.45, 7) is 3.54. The van der Waals surface area contributed by atoms with Crippen LogP contribution in [-0.4, -0.2) is 49.3 Å². The molecule has 97 heavy (non-hydrogen) atoms. The minimum absolute atomic E-state index is 0.0488. The van der Waals surface area contributed by atoms with Crippen LogP contribution in [0.4, 0.5) is 0 Å². The number of hydrogen-bond donors (Lipinski definition) is 2. The van der Waals surface area contributed by atoms with E-state index in [0.717, 1.165) is 122 Å². The molecular formula is C87H148NO8P. The Kier molecular flexibility index (Phi) is 77.0. The van der Waals surface area contributed by atoms with Crippen LogP contribution >= 0.6 is 7.82 Å². The second kappa shape index (κ2) is 80.6. The summed E-state index contributed by atoms with van der Waals surface area (Å²) in [6, 6.07) is 0. The molecule has 0 heterocycles. The van der Waals surface area contributed by atoms with Gasteiger partial charge in [-0.2, -0.15) is 0 Å². The lowest BCUT2D eigenvalue weighted by Gasteiger charge is -2.19. The Bertz CT molecular complexity index is 2160. The van der Waals surface area contributed by atoms with Crippen LogP contribution in [0.15, 0.2) is 158 Å². The molecule has 9 nitrogen and oxygen atoms in total. The van der Waals surface area contributed by atoms with Gasteiger partial charge < -0.3 is 20.1 Å². The summed E-state index contributed by atoms with van der Waals surface area (Å²) in [5, 5.41) is 0. The minimum atomic E-state index is -4.40. The number of hydrogen-bond acceptors (Lipinski definition) is 8. The van der Waals surface area contributed by atoms with Gasteiger partial charge in [-0.3, -0.25) is 18.6 Å². The summed E-state index contributed by atoms with van der Waals surface area (Å²) in [6.07, 6.45) is 118. The van der Waals surface area contributed by atoms with E-state index in [9.17, 15) is 19.0 Å². The fourth-order valence-corrected chi connectivity index (χ4v) is 11.9. The third kappa shape index (κ3) is 80.5. The molecule has 0 fully saturated rings. The first kappa shape index (κ1) is 92.6. The Morgan fingerprint density at radius 1 is 0.309 bits per heavy atom. The number of carbonyl (C=O) groups excluding carboxylic acids is 2. The van der Waals surface area contributed by atoms with Crippen molar-refractivity contribution in [2.24, 2.45) is 5.73 Å². The molecule has 554 valence electrons. The van der Waals surface area contributed by atoms with Gasteiger partial charge in [-0.1, -0.05) is 371 Å². The van der Waals surface area contributed by atoms with Gasteiger partial charge in [0.2, 0.25) is 0 Å². The van der Waals surface area contributed by atoms with Crippen molar-refractivity contribution < 1.29 is 37.6 Å². The fourth-order valence-electron chi connectivity index (χ4n) is 11.1. The molecule has 2 unspecified atom stereocenters. The maximum Gasteiger partial charge on any atom is 0.472 e. The Morgan fingerprint density at radius 2 is 0.536 bits per heavy atom. The van der Waals surface area contributed by atoms with Gasteiger partial charge >= 0.3 is 19.8 Å². The van der Waals surface area contributed by atoms with Crippen LogP contribution in [0.3, 0.4) is 0 Å². The van der Waals surface area contributed by atoms with Gasteiger partial charge in [0.25, 0.3) is 0 Å². The smallest absolute Gasteiger partial charge is 0.462 e. The number of nitrogens with two attached hydrogens (primary N) is 1. The van der Waals surface area contributed by atoms with Crippen molar-refractivity contribution >= 4 is 19.8 Å². The highest BCUT2D eigenvalue weighted by atomic mass is 31.2. The van der Waals surface area contributed by atoms with Crippen LogP contribution in [0.1, 0.15) is 348 Å². The average molecular weight is 1370 g/mol. The van der Waals surface area contributed by atoms with Crippen molar-refractivity contribution in [2.45, 2.75) is 354 Å². The molecule has 0 aliphatic rings. The first-order valence-corrected chi connectivity index (χ1v) is 41.5. The Morgan fingerprint density at radius 3 is 0.794 bits per heavy atom. The predicted molar refractivity (Wildman–Crippen MR) is 422 cm³/mol. The normalized spacial score (nSPS) is 13.7. The van der Waals surface area contributed by atoms with Crippen molar-refractivity contribution in [3.63, 3.8) is 0 Å². The van der Waals surface area contributed by atoms with Gasteiger partial charge in [0.15, 0.2) is 6.10 Å². The molecule has 0 radical (unpaired) electrons. The van der Waals surface area contributed by atoms with Crippen LogP contribution in [0.25, 0.3) is 0 Å². The second-order valence-electron chi connectivity index (χ2n) is 26.2. The molecular weight excluding hydrogens is 1220 g/mol. The second-order valence-corrected chi connectivity index (χ2v) is 27.6. The summed E-state index contributed by atoms with van der Waals surface area (Å²) in [5.41, 5.74) is 5.42. The molecule has 0 aliphatic carbocycles. The number of esters is 2. The zero-order chi connectivity index (χ0) is 70.0. The van der Waals surface area contributed by atoms with Gasteiger partial charge in [-0.15, -0.1) is 0 Å². The maximum absolute atomic E-state index is 12.8. The van der Waals surface area contributed by atoms with E-state index in [-0.39, 0.29) is 38.6 Å². The van der Waals surface area contributed by atoms with Crippen LogP contribution < -0.4 is 5.73 Å². The van der Waals surface area contributed by atoms with Crippen LogP contribution in [0.2, 0.25) is 0 Å². The van der Waals surface area contributed by atoms with Crippen LogP contribution in [0, 0.1) is 0 Å². The van der Waals surface area contributed by atoms with Crippen molar-refractivity contribution in [1.82, 2.24) is 0 Å². The zero-order valence-electron chi connectivity index (χ0n) is 62.5. The molecule has 0 aromatic carbocycles. The van der Waals surface area contributed by atoms with E-state index in [2.05, 4.69) is 172 Å². The topological polar surface area (TPSA) is 134 Å². The first-order chi connectivity index (χ1) is 47.8. The number of allylic oxidation sites excluding steroid dienone is 26. The molecule has 0 spiro atoms. The molecule has 0 saturated heterocycles. The summed E-state index contributed by atoms with van der Waals surface area (Å²) >= 11 is 0. The number of carbonyl (C=O) groups is 2. The molecule has 0 aromatic rings. The van der Waals surface area contributed by atoms with Crippen molar-refractivity contribution in [3.8, 4) is 0 Å². The third-order valence-electron chi connectivity index (χ3n) is 16.9. The standard InChI is InChI=1S/C87H148NO8P/c1-3-5-7-9-11-13-15-17-19-21-23-25-27-29-31-33-35-37-39-41-42-44-45-47-49-51-53-55-57-59-61-63-65-67-69-71-73-75-77-79-86(89)93-83-85(84-95-97(91,92)94-82-81-88)96-87(90)80-78-76-74-72-70-68-66-64-62-60-58-56-54-52-50-48-46-43-40-38-36-34-32-30-28-26-24-22-20-18-16-14-12-10-8-6-4-2/h5-8,11-14,17-20,23-26,29-32,36,38,43,46,50,52,85H,3-4,9-10,15-16,21-22,27-28,33-35,37,39-42,44-45,47-49,51,53-84,88H2,1-2H3,(H,91,92)/b7-5-,8-6-,13-11-,14-12-,19-17-,20-18-,25-23-,26-24-,31-29-,32-30-,38-36-,46-43-,52-50-. The van der Waals surface area contributed by atoms with Gasteiger partial charge in [-0.25, -0.2) is 4.57 Å². The summed E-state index contributed by atoms with van der Waals surface area (Å²) in [4.78, 5) is 35.5. The lowest BCUT2D eigenvalue weighted by atomic mass is 10.0. The molecule has 2 atom stereocenters. The maximum atomic E-state index is 12.8. The summed E-state index contributed by atoms with van der Waals surface area (Å²) in [5.74, 6) is -0.823. The van der Waals surface area contributed by atoms with E-state index in [1.54, 1.807) is 0 Å². The van der Waals surface area contributed by atoms with E-state index in [0.29, 0.717) is 6.42 Å². The largest absolute Gasteiger partial charge is 0.472 e. The van der Waals surface area contributed by atoms with Gasteiger partial charge in [0.1, 0.15) is 6.61 Å². The number of phosphoric acid groups is 1. The lowest BCUT2D eigenvalue weighted by molar-refractivity contribution is -0.161. The van der Waals surface area contributed by atoms with E-state index in [1.807, 2.05) is 0 Å². The fraction of sp³-hybridized carbons (Fsp3) is 0.678. The van der Waals surface area contributed by atoms with Crippen molar-refractivity contribution in [3.05, 3.63) is 158 Å². The zero-order valence-corrected chi connectivity index (χ0v) is 63.4. The lowest BCUT2D eigenvalue weighted by Crippen LogP contribution is -2.29. The van der Waals surface area contributed by atoms with Gasteiger partial charge in [0.05, 0.1) is 13.2 Å². The predicted octanol–water partition coefficient (Wildman–Crippen LogP) is 27.1. The summed E-state index contributed by atoms with van der Waals surface area (Å²) in [7, 11) is -4.40. The van der Waals surface area contributed by atoms with E-state index >= 15 is 0 Å². The molecule has 0 saturated carbocycles. The first-order valence-electron chi connectivity index (χ1n) is 40.0. The molecule has 0 aromatic heterocycles. The van der Waals surface area contributed by atoms with E-state index in [4.69, 9.17) is 24.3 Å². The monoisotopic (exact) mass is 1370 g/mol. The Balaban J connectivity index is 3.84. The minimum Gasteiger partial charge on any atom is -0.462 e. The number of ether oxygens (including phenoxy) is 2. The number of unbranched alkanes of at least 4 members (excludes halogenated alkanes) is 35. The number of rotatable bonds is 74. The highest BCUT2D eigenvalue weighted by molar-refractivity contribution is 7.47.